The molecule has 17 heavy (non-hydrogen) atoms. The largest absolute Gasteiger partial charge is 0.420 e. The van der Waals surface area contributed by atoms with Crippen LogP contribution in [0.3, 0.4) is 0 Å². The number of rotatable bonds is 2. The van der Waals surface area contributed by atoms with Crippen molar-refractivity contribution in [3.05, 3.63) is 24.6 Å². The average molecular weight is 229 g/mol. The Morgan fingerprint density at radius 2 is 2.18 bits per heavy atom. The standard InChI is InChI=1S/C11H11N5O/c1-6(2)10-15-16-11(17-10)8-4-13-9-7(8)3-12-5-14-9/h3-6H,1-2H3,(H,12,13,14). The first-order valence-corrected chi connectivity index (χ1v) is 5.36. The zero-order chi connectivity index (χ0) is 11.8. The molecule has 0 atom stereocenters. The molecule has 6 nitrogen and oxygen atoms in total. The van der Waals surface area contributed by atoms with Gasteiger partial charge in [-0.25, -0.2) is 9.97 Å². The smallest absolute Gasteiger partial charge is 0.250 e. The molecule has 0 aliphatic rings. The molecule has 0 aromatic carbocycles. The third-order valence-electron chi connectivity index (χ3n) is 2.52. The molecule has 0 aliphatic heterocycles. The lowest BCUT2D eigenvalue weighted by molar-refractivity contribution is 0.481. The Morgan fingerprint density at radius 1 is 1.29 bits per heavy atom. The molecule has 0 aliphatic carbocycles. The Balaban J connectivity index is 2.14. The minimum absolute atomic E-state index is 0.220. The summed E-state index contributed by atoms with van der Waals surface area (Å²) in [5, 5.41) is 8.93. The first-order chi connectivity index (χ1) is 8.25. The molecule has 3 rings (SSSR count). The van der Waals surface area contributed by atoms with E-state index < -0.39 is 0 Å². The van der Waals surface area contributed by atoms with Crippen molar-refractivity contribution in [3.63, 3.8) is 0 Å². The highest BCUT2D eigenvalue weighted by molar-refractivity contribution is 5.90. The van der Waals surface area contributed by atoms with Gasteiger partial charge in [0.15, 0.2) is 0 Å². The summed E-state index contributed by atoms with van der Waals surface area (Å²) >= 11 is 0. The van der Waals surface area contributed by atoms with E-state index in [4.69, 9.17) is 4.42 Å². The number of hydrogen-bond donors (Lipinski definition) is 1. The van der Waals surface area contributed by atoms with Crippen LogP contribution < -0.4 is 0 Å². The summed E-state index contributed by atoms with van der Waals surface area (Å²) in [6.07, 6.45) is 5.03. The Kier molecular flexibility index (Phi) is 2.14. The summed E-state index contributed by atoms with van der Waals surface area (Å²) in [7, 11) is 0. The molecule has 0 saturated carbocycles. The van der Waals surface area contributed by atoms with Gasteiger partial charge in [0.1, 0.15) is 12.0 Å². The molecule has 6 heteroatoms. The summed E-state index contributed by atoms with van der Waals surface area (Å²) in [4.78, 5) is 11.2. The quantitative estimate of drug-likeness (QED) is 0.728. The maximum atomic E-state index is 5.60. The van der Waals surface area contributed by atoms with Crippen molar-refractivity contribution in [1.82, 2.24) is 25.1 Å². The van der Waals surface area contributed by atoms with Gasteiger partial charge in [0.05, 0.1) is 5.56 Å². The topological polar surface area (TPSA) is 80.5 Å². The van der Waals surface area contributed by atoms with E-state index in [0.29, 0.717) is 11.8 Å². The van der Waals surface area contributed by atoms with Crippen LogP contribution in [-0.4, -0.2) is 25.1 Å². The molecule has 86 valence electrons. The van der Waals surface area contributed by atoms with Crippen molar-refractivity contribution in [2.45, 2.75) is 19.8 Å². The summed E-state index contributed by atoms with van der Waals surface area (Å²) in [6, 6.07) is 0. The minimum atomic E-state index is 0.220. The lowest BCUT2D eigenvalue weighted by Crippen LogP contribution is -1.85. The molecular weight excluding hydrogens is 218 g/mol. The van der Waals surface area contributed by atoms with E-state index in [0.717, 1.165) is 16.6 Å². The first kappa shape index (κ1) is 9.95. The second-order valence-corrected chi connectivity index (χ2v) is 4.09. The normalized spacial score (nSPS) is 11.5. The van der Waals surface area contributed by atoms with E-state index in [9.17, 15) is 0 Å². The van der Waals surface area contributed by atoms with Gasteiger partial charge in [-0.05, 0) is 0 Å². The molecule has 3 aromatic rings. The fraction of sp³-hybridized carbons (Fsp3) is 0.273. The van der Waals surface area contributed by atoms with E-state index in [2.05, 4.69) is 25.1 Å². The Hall–Kier alpha value is -2.24. The highest BCUT2D eigenvalue weighted by atomic mass is 16.4. The third kappa shape index (κ3) is 1.57. The van der Waals surface area contributed by atoms with Crippen LogP contribution in [0.2, 0.25) is 0 Å². The van der Waals surface area contributed by atoms with Crippen molar-refractivity contribution in [2.75, 3.05) is 0 Å². The van der Waals surface area contributed by atoms with Gasteiger partial charge in [-0.1, -0.05) is 13.8 Å². The predicted molar refractivity (Wildman–Crippen MR) is 61.3 cm³/mol. The van der Waals surface area contributed by atoms with Crippen molar-refractivity contribution in [1.29, 1.82) is 0 Å². The van der Waals surface area contributed by atoms with Crippen molar-refractivity contribution < 1.29 is 4.42 Å². The van der Waals surface area contributed by atoms with Crippen molar-refractivity contribution in [3.8, 4) is 11.5 Å². The number of nitrogens with one attached hydrogen (secondary N) is 1. The van der Waals surface area contributed by atoms with Gasteiger partial charge in [-0.15, -0.1) is 10.2 Å². The highest BCUT2D eigenvalue weighted by Crippen LogP contribution is 2.27. The molecule has 0 radical (unpaired) electrons. The lowest BCUT2D eigenvalue weighted by Gasteiger charge is -1.94. The van der Waals surface area contributed by atoms with Crippen LogP contribution >= 0.6 is 0 Å². The molecule has 3 aromatic heterocycles. The number of H-pyrrole nitrogens is 1. The van der Waals surface area contributed by atoms with Gasteiger partial charge < -0.3 is 9.40 Å². The van der Waals surface area contributed by atoms with Gasteiger partial charge >= 0.3 is 0 Å². The maximum Gasteiger partial charge on any atom is 0.250 e. The molecule has 0 fully saturated rings. The molecule has 0 amide bonds. The number of fused-ring (bicyclic) bond motifs is 1. The monoisotopic (exact) mass is 229 g/mol. The Bertz CT molecular complexity index is 654. The van der Waals surface area contributed by atoms with Crippen LogP contribution in [0.15, 0.2) is 23.1 Å². The SMILES string of the molecule is CC(C)c1nnc(-c2c[nH]c3ncncc23)o1. The van der Waals surface area contributed by atoms with Crippen LogP contribution in [0.1, 0.15) is 25.7 Å². The van der Waals surface area contributed by atoms with Crippen LogP contribution in [0.5, 0.6) is 0 Å². The zero-order valence-corrected chi connectivity index (χ0v) is 9.51. The summed E-state index contributed by atoms with van der Waals surface area (Å²) in [5.74, 6) is 1.35. The van der Waals surface area contributed by atoms with Crippen LogP contribution in [0.4, 0.5) is 0 Å². The van der Waals surface area contributed by atoms with Crippen molar-refractivity contribution in [2.24, 2.45) is 0 Å². The number of hydrogen-bond acceptors (Lipinski definition) is 5. The second-order valence-electron chi connectivity index (χ2n) is 4.09. The predicted octanol–water partition coefficient (Wildman–Crippen LogP) is 2.13. The van der Waals surface area contributed by atoms with E-state index >= 15 is 0 Å². The fourth-order valence-electron chi connectivity index (χ4n) is 1.61. The van der Waals surface area contributed by atoms with Crippen LogP contribution in [-0.2, 0) is 0 Å². The zero-order valence-electron chi connectivity index (χ0n) is 9.51. The summed E-state index contributed by atoms with van der Waals surface area (Å²) < 4.78 is 5.60. The Morgan fingerprint density at radius 3 is 2.94 bits per heavy atom. The van der Waals surface area contributed by atoms with Gasteiger partial charge in [-0.2, -0.15) is 0 Å². The molecule has 0 spiro atoms. The van der Waals surface area contributed by atoms with Gasteiger partial charge in [0.2, 0.25) is 11.8 Å². The maximum absolute atomic E-state index is 5.60. The summed E-state index contributed by atoms with van der Waals surface area (Å²) in [6.45, 7) is 4.02. The van der Waals surface area contributed by atoms with Crippen LogP contribution in [0, 0.1) is 0 Å². The second kappa shape index (κ2) is 3.65. The number of aromatic nitrogens is 5. The molecule has 0 unspecified atom stereocenters. The van der Waals surface area contributed by atoms with Crippen molar-refractivity contribution >= 4 is 11.0 Å². The van der Waals surface area contributed by atoms with Crippen LogP contribution in [0.25, 0.3) is 22.5 Å². The number of aromatic amines is 1. The molecule has 3 heterocycles. The molecule has 0 bridgehead atoms. The first-order valence-electron chi connectivity index (χ1n) is 5.36. The Labute approximate surface area is 97.1 Å². The van der Waals surface area contributed by atoms with Gasteiger partial charge in [0.25, 0.3) is 0 Å². The molecule has 1 N–H and O–H groups in total. The highest BCUT2D eigenvalue weighted by Gasteiger charge is 2.15. The molecular formula is C11H11N5O. The molecule has 0 saturated heterocycles. The van der Waals surface area contributed by atoms with E-state index in [1.807, 2.05) is 13.8 Å². The lowest BCUT2D eigenvalue weighted by atomic mass is 10.2. The van der Waals surface area contributed by atoms with E-state index in [-0.39, 0.29) is 5.92 Å². The summed E-state index contributed by atoms with van der Waals surface area (Å²) in [5.41, 5.74) is 1.60. The fourth-order valence-corrected chi connectivity index (χ4v) is 1.61. The van der Waals surface area contributed by atoms with E-state index in [1.54, 1.807) is 12.4 Å². The van der Waals surface area contributed by atoms with Gasteiger partial charge in [0, 0.05) is 23.7 Å². The third-order valence-corrected chi connectivity index (χ3v) is 2.52. The number of nitrogens with zero attached hydrogens (tertiary/aromatic N) is 4. The average Bonchev–Trinajstić information content (AvgIpc) is 2.95. The van der Waals surface area contributed by atoms with Gasteiger partial charge in [-0.3, -0.25) is 0 Å². The van der Waals surface area contributed by atoms with E-state index in [1.165, 1.54) is 6.33 Å². The minimum Gasteiger partial charge on any atom is -0.420 e.